The number of nitrogens with zero attached hydrogens (tertiary/aromatic N) is 1. The summed E-state index contributed by atoms with van der Waals surface area (Å²) in [4.78, 5) is 14.6. The Bertz CT molecular complexity index is 504. The van der Waals surface area contributed by atoms with Gasteiger partial charge in [0.2, 0.25) is 0 Å². The van der Waals surface area contributed by atoms with Crippen LogP contribution in [0.1, 0.15) is 37.0 Å². The highest BCUT2D eigenvalue weighted by Gasteiger charge is 2.14. The predicted octanol–water partition coefficient (Wildman–Crippen LogP) is 3.41. The van der Waals surface area contributed by atoms with E-state index in [2.05, 4.69) is 18.7 Å². The quantitative estimate of drug-likeness (QED) is 0.491. The molecule has 142 valence electrons. The topological polar surface area (TPSA) is 48.0 Å². The van der Waals surface area contributed by atoms with Crippen LogP contribution in [0.5, 0.6) is 5.75 Å². The molecule has 5 nitrogen and oxygen atoms in total. The van der Waals surface area contributed by atoms with Crippen LogP contribution in [-0.2, 0) is 9.47 Å². The van der Waals surface area contributed by atoms with Crippen LogP contribution in [0.2, 0.25) is 0 Å². The molecule has 25 heavy (non-hydrogen) atoms. The van der Waals surface area contributed by atoms with Crippen LogP contribution in [-0.4, -0.2) is 56.9 Å². The molecule has 0 spiro atoms. The van der Waals surface area contributed by atoms with Gasteiger partial charge in [-0.2, -0.15) is 0 Å². The SMILES string of the molecule is CC(C)CCOC(=O)c1ccccc1OCCCN1CCOCC1.Cl. The van der Waals surface area contributed by atoms with Crippen LogP contribution in [0, 0.1) is 5.92 Å². The number of ether oxygens (including phenoxy) is 3. The zero-order valence-corrected chi connectivity index (χ0v) is 16.1. The maximum atomic E-state index is 12.2. The number of para-hydroxylation sites is 1. The van der Waals surface area contributed by atoms with Crippen molar-refractivity contribution in [3.63, 3.8) is 0 Å². The maximum absolute atomic E-state index is 12.2. The van der Waals surface area contributed by atoms with Gasteiger partial charge in [-0.15, -0.1) is 12.4 Å². The van der Waals surface area contributed by atoms with E-state index < -0.39 is 0 Å². The fraction of sp³-hybridized carbons (Fsp3) is 0.632. The lowest BCUT2D eigenvalue weighted by atomic mass is 10.1. The van der Waals surface area contributed by atoms with E-state index in [1.54, 1.807) is 6.07 Å². The fourth-order valence-electron chi connectivity index (χ4n) is 2.52. The molecule has 0 amide bonds. The summed E-state index contributed by atoms with van der Waals surface area (Å²) in [5.74, 6) is 0.818. The van der Waals surface area contributed by atoms with Gasteiger partial charge >= 0.3 is 5.97 Å². The van der Waals surface area contributed by atoms with E-state index in [-0.39, 0.29) is 18.4 Å². The molecular formula is C19H30ClNO4. The Hall–Kier alpha value is -1.30. The molecule has 0 aliphatic carbocycles. The number of hydrogen-bond donors (Lipinski definition) is 0. The summed E-state index contributed by atoms with van der Waals surface area (Å²) in [7, 11) is 0. The van der Waals surface area contributed by atoms with Crippen molar-refractivity contribution in [3.05, 3.63) is 29.8 Å². The molecule has 0 bridgehead atoms. The molecule has 0 aromatic heterocycles. The van der Waals surface area contributed by atoms with Crippen LogP contribution in [0.3, 0.4) is 0 Å². The van der Waals surface area contributed by atoms with E-state index in [1.807, 2.05) is 18.2 Å². The Morgan fingerprint density at radius 2 is 1.92 bits per heavy atom. The van der Waals surface area contributed by atoms with Crippen molar-refractivity contribution < 1.29 is 19.0 Å². The number of esters is 1. The van der Waals surface area contributed by atoms with Crippen LogP contribution < -0.4 is 4.74 Å². The first kappa shape index (κ1) is 21.7. The third-order valence-corrected chi connectivity index (χ3v) is 4.02. The molecule has 6 heteroatoms. The molecule has 1 heterocycles. The average molecular weight is 372 g/mol. The number of hydrogen-bond acceptors (Lipinski definition) is 5. The van der Waals surface area contributed by atoms with Gasteiger partial charge < -0.3 is 14.2 Å². The van der Waals surface area contributed by atoms with E-state index in [1.165, 1.54) is 0 Å². The molecule has 0 unspecified atom stereocenters. The van der Waals surface area contributed by atoms with Crippen LogP contribution in [0.4, 0.5) is 0 Å². The number of carbonyl (C=O) groups is 1. The normalized spacial score (nSPS) is 14.8. The van der Waals surface area contributed by atoms with E-state index in [0.29, 0.717) is 30.4 Å². The minimum absolute atomic E-state index is 0. The van der Waals surface area contributed by atoms with Gasteiger partial charge in [0.25, 0.3) is 0 Å². The molecule has 1 saturated heterocycles. The van der Waals surface area contributed by atoms with E-state index in [9.17, 15) is 4.79 Å². The van der Waals surface area contributed by atoms with Gasteiger partial charge in [-0.1, -0.05) is 26.0 Å². The second-order valence-corrected chi connectivity index (χ2v) is 6.47. The standard InChI is InChI=1S/C19H29NO4.ClH/c1-16(2)8-13-24-19(21)17-6-3-4-7-18(17)23-12-5-9-20-10-14-22-15-11-20;/h3-4,6-7,16H,5,8-15H2,1-2H3;1H. The van der Waals surface area contributed by atoms with Crippen LogP contribution in [0.25, 0.3) is 0 Å². The molecular weight excluding hydrogens is 342 g/mol. The van der Waals surface area contributed by atoms with Crippen LogP contribution in [0.15, 0.2) is 24.3 Å². The van der Waals surface area contributed by atoms with E-state index in [4.69, 9.17) is 14.2 Å². The highest BCUT2D eigenvalue weighted by molar-refractivity contribution is 5.92. The Balaban J connectivity index is 0.00000312. The zero-order valence-electron chi connectivity index (χ0n) is 15.2. The fourth-order valence-corrected chi connectivity index (χ4v) is 2.52. The lowest BCUT2D eigenvalue weighted by Crippen LogP contribution is -2.37. The first-order valence-corrected chi connectivity index (χ1v) is 8.86. The molecule has 0 N–H and O–H groups in total. The lowest BCUT2D eigenvalue weighted by molar-refractivity contribution is 0.0356. The van der Waals surface area contributed by atoms with Crippen molar-refractivity contribution >= 4 is 18.4 Å². The van der Waals surface area contributed by atoms with Gasteiger partial charge in [0.1, 0.15) is 11.3 Å². The predicted molar refractivity (Wildman–Crippen MR) is 101 cm³/mol. The van der Waals surface area contributed by atoms with Gasteiger partial charge in [0.15, 0.2) is 0 Å². The number of carbonyl (C=O) groups excluding carboxylic acids is 1. The number of halogens is 1. The lowest BCUT2D eigenvalue weighted by Gasteiger charge is -2.26. The first-order chi connectivity index (χ1) is 11.7. The largest absolute Gasteiger partial charge is 0.493 e. The van der Waals surface area contributed by atoms with Crippen LogP contribution >= 0.6 is 12.4 Å². The van der Waals surface area contributed by atoms with Gasteiger partial charge in [0.05, 0.1) is 26.4 Å². The molecule has 1 aliphatic rings. The van der Waals surface area contributed by atoms with Crippen molar-refractivity contribution in [1.82, 2.24) is 4.90 Å². The third kappa shape index (κ3) is 8.08. The van der Waals surface area contributed by atoms with Gasteiger partial charge in [0, 0.05) is 19.6 Å². The Kier molecular flexibility index (Phi) is 10.5. The van der Waals surface area contributed by atoms with Gasteiger partial charge in [-0.25, -0.2) is 4.79 Å². The summed E-state index contributed by atoms with van der Waals surface area (Å²) in [5, 5.41) is 0. The number of rotatable bonds is 9. The maximum Gasteiger partial charge on any atom is 0.341 e. The second-order valence-electron chi connectivity index (χ2n) is 6.47. The zero-order chi connectivity index (χ0) is 17.2. The molecule has 0 saturated carbocycles. The molecule has 2 rings (SSSR count). The minimum atomic E-state index is -0.306. The highest BCUT2D eigenvalue weighted by Crippen LogP contribution is 2.19. The van der Waals surface area contributed by atoms with Crippen molar-refractivity contribution in [2.24, 2.45) is 5.92 Å². The molecule has 1 aromatic rings. The van der Waals surface area contributed by atoms with Crippen molar-refractivity contribution in [2.75, 3.05) is 46.1 Å². The van der Waals surface area contributed by atoms with Gasteiger partial charge in [-0.05, 0) is 30.9 Å². The number of morpholine rings is 1. The average Bonchev–Trinajstić information content (AvgIpc) is 2.59. The number of benzene rings is 1. The van der Waals surface area contributed by atoms with Crippen molar-refractivity contribution in [1.29, 1.82) is 0 Å². The molecule has 1 fully saturated rings. The Morgan fingerprint density at radius 1 is 1.20 bits per heavy atom. The monoisotopic (exact) mass is 371 g/mol. The molecule has 1 aromatic carbocycles. The minimum Gasteiger partial charge on any atom is -0.493 e. The smallest absolute Gasteiger partial charge is 0.341 e. The molecule has 0 radical (unpaired) electrons. The molecule has 0 atom stereocenters. The van der Waals surface area contributed by atoms with E-state index in [0.717, 1.165) is 45.7 Å². The summed E-state index contributed by atoms with van der Waals surface area (Å²) in [6.07, 6.45) is 1.80. The van der Waals surface area contributed by atoms with E-state index >= 15 is 0 Å². The summed E-state index contributed by atoms with van der Waals surface area (Å²) < 4.78 is 16.5. The van der Waals surface area contributed by atoms with Gasteiger partial charge in [-0.3, -0.25) is 4.90 Å². The second kappa shape index (κ2) is 12.1. The Morgan fingerprint density at radius 3 is 2.64 bits per heavy atom. The summed E-state index contributed by atoms with van der Waals surface area (Å²) in [6.45, 7) is 9.84. The summed E-state index contributed by atoms with van der Waals surface area (Å²) in [6, 6.07) is 7.30. The van der Waals surface area contributed by atoms with Crippen molar-refractivity contribution in [3.8, 4) is 5.75 Å². The highest BCUT2D eigenvalue weighted by atomic mass is 35.5. The first-order valence-electron chi connectivity index (χ1n) is 8.86. The summed E-state index contributed by atoms with van der Waals surface area (Å²) in [5.41, 5.74) is 0.507. The Labute approximate surface area is 157 Å². The summed E-state index contributed by atoms with van der Waals surface area (Å²) >= 11 is 0. The molecule has 1 aliphatic heterocycles. The third-order valence-electron chi connectivity index (χ3n) is 4.02. The van der Waals surface area contributed by atoms with Crippen molar-refractivity contribution in [2.45, 2.75) is 26.7 Å².